The van der Waals surface area contributed by atoms with Gasteiger partial charge in [0.2, 0.25) is 5.89 Å². The van der Waals surface area contributed by atoms with Crippen molar-refractivity contribution in [1.29, 1.82) is 0 Å². The van der Waals surface area contributed by atoms with Crippen molar-refractivity contribution in [3.8, 4) is 17.2 Å². The average molecular weight is 389 g/mol. The molecule has 0 aliphatic carbocycles. The molecule has 0 aliphatic heterocycles. The molecule has 2 N–H and O–H groups in total. The van der Waals surface area contributed by atoms with Crippen molar-refractivity contribution in [1.82, 2.24) is 4.98 Å². The zero-order chi connectivity index (χ0) is 20.5. The third-order valence-electron chi connectivity index (χ3n) is 4.37. The van der Waals surface area contributed by atoms with E-state index in [9.17, 15) is 20.0 Å². The number of hydrogen-bond donors (Lipinski definition) is 2. The highest BCUT2D eigenvalue weighted by Gasteiger charge is 2.20. The number of carbonyl (C=O) groups is 1. The van der Waals surface area contributed by atoms with E-state index in [1.807, 2.05) is 19.1 Å². The van der Waals surface area contributed by atoms with Crippen LogP contribution in [0.4, 0.5) is 11.4 Å². The molecule has 29 heavy (non-hydrogen) atoms. The molecule has 8 heteroatoms. The van der Waals surface area contributed by atoms with Crippen LogP contribution in [-0.4, -0.2) is 20.9 Å². The standard InChI is InChI=1S/C21H15N3O5/c1-12-6-9-19-16(10-12)23-21(29-19)15-11-13(7-8-18(15)25)22-20(26)14-4-2-3-5-17(14)24(27)28/h2-11,25H,1H3,(H,22,26). The summed E-state index contributed by atoms with van der Waals surface area (Å²) in [6.07, 6.45) is 0. The van der Waals surface area contributed by atoms with Crippen molar-refractivity contribution < 1.29 is 19.2 Å². The first kappa shape index (κ1) is 18.2. The maximum atomic E-state index is 12.5. The first-order valence-electron chi connectivity index (χ1n) is 8.68. The van der Waals surface area contributed by atoms with Crippen molar-refractivity contribution in [3.63, 3.8) is 0 Å². The first-order valence-corrected chi connectivity index (χ1v) is 8.68. The number of phenols is 1. The van der Waals surface area contributed by atoms with Gasteiger partial charge in [-0.1, -0.05) is 18.2 Å². The van der Waals surface area contributed by atoms with Crippen LogP contribution in [0.3, 0.4) is 0 Å². The summed E-state index contributed by atoms with van der Waals surface area (Å²) < 4.78 is 5.71. The van der Waals surface area contributed by atoms with Crippen LogP contribution in [0.5, 0.6) is 5.75 Å². The molecule has 0 atom stereocenters. The van der Waals surface area contributed by atoms with Crippen LogP contribution < -0.4 is 5.32 Å². The lowest BCUT2D eigenvalue weighted by molar-refractivity contribution is -0.385. The largest absolute Gasteiger partial charge is 0.507 e. The van der Waals surface area contributed by atoms with E-state index in [4.69, 9.17) is 4.42 Å². The Kier molecular flexibility index (Phi) is 4.44. The number of aromatic hydroxyl groups is 1. The summed E-state index contributed by atoms with van der Waals surface area (Å²) in [5.41, 5.74) is 2.50. The fraction of sp³-hybridized carbons (Fsp3) is 0.0476. The van der Waals surface area contributed by atoms with E-state index in [0.717, 1.165) is 5.56 Å². The smallest absolute Gasteiger partial charge is 0.282 e. The van der Waals surface area contributed by atoms with Crippen molar-refractivity contribution in [3.05, 3.63) is 81.9 Å². The second kappa shape index (κ2) is 7.08. The number of anilines is 1. The van der Waals surface area contributed by atoms with Crippen molar-refractivity contribution in [2.24, 2.45) is 0 Å². The summed E-state index contributed by atoms with van der Waals surface area (Å²) in [5.74, 6) is -0.510. The van der Waals surface area contributed by atoms with Gasteiger partial charge in [-0.2, -0.15) is 0 Å². The van der Waals surface area contributed by atoms with Crippen LogP contribution >= 0.6 is 0 Å². The molecule has 0 saturated heterocycles. The van der Waals surface area contributed by atoms with Crippen LogP contribution in [0.15, 0.2) is 65.1 Å². The number of phenolic OH excluding ortho intramolecular Hbond substituents is 1. The molecule has 0 saturated carbocycles. The van der Waals surface area contributed by atoms with Gasteiger partial charge in [-0.25, -0.2) is 4.98 Å². The molecule has 0 radical (unpaired) electrons. The highest BCUT2D eigenvalue weighted by Crippen LogP contribution is 2.33. The molecule has 0 bridgehead atoms. The molecule has 1 heterocycles. The van der Waals surface area contributed by atoms with Gasteiger partial charge in [0.1, 0.15) is 16.8 Å². The van der Waals surface area contributed by atoms with Crippen LogP contribution in [0, 0.1) is 17.0 Å². The number of carbonyl (C=O) groups excluding carboxylic acids is 1. The summed E-state index contributed by atoms with van der Waals surface area (Å²) in [6, 6.07) is 15.6. The van der Waals surface area contributed by atoms with Crippen molar-refractivity contribution in [2.75, 3.05) is 5.32 Å². The van der Waals surface area contributed by atoms with Gasteiger partial charge < -0.3 is 14.8 Å². The summed E-state index contributed by atoms with van der Waals surface area (Å²) in [4.78, 5) is 27.5. The van der Waals surface area contributed by atoms with Gasteiger partial charge >= 0.3 is 0 Å². The Hall–Kier alpha value is -4.20. The maximum absolute atomic E-state index is 12.5. The Morgan fingerprint density at radius 1 is 1.14 bits per heavy atom. The van der Waals surface area contributed by atoms with Crippen LogP contribution in [0.1, 0.15) is 15.9 Å². The van der Waals surface area contributed by atoms with Gasteiger partial charge in [-0.15, -0.1) is 0 Å². The zero-order valence-electron chi connectivity index (χ0n) is 15.2. The van der Waals surface area contributed by atoms with Gasteiger partial charge in [-0.05, 0) is 48.9 Å². The minimum absolute atomic E-state index is 0.0653. The lowest BCUT2D eigenvalue weighted by Gasteiger charge is -2.08. The highest BCUT2D eigenvalue weighted by molar-refractivity contribution is 6.07. The number of nitro benzene ring substituents is 1. The number of para-hydroxylation sites is 1. The number of fused-ring (bicyclic) bond motifs is 1. The summed E-state index contributed by atoms with van der Waals surface area (Å²) in [7, 11) is 0. The lowest BCUT2D eigenvalue weighted by Crippen LogP contribution is -2.13. The van der Waals surface area contributed by atoms with E-state index < -0.39 is 10.8 Å². The molecular formula is C21H15N3O5. The number of benzene rings is 3. The molecule has 4 aromatic rings. The summed E-state index contributed by atoms with van der Waals surface area (Å²) in [6.45, 7) is 1.93. The Morgan fingerprint density at radius 3 is 2.72 bits per heavy atom. The third kappa shape index (κ3) is 3.51. The Labute approximate surface area is 164 Å². The van der Waals surface area contributed by atoms with Gasteiger partial charge in [0.15, 0.2) is 5.58 Å². The number of amides is 1. The first-order chi connectivity index (χ1) is 13.9. The number of nitrogens with one attached hydrogen (secondary N) is 1. The molecule has 0 aliphatic rings. The molecule has 0 unspecified atom stereocenters. The van der Waals surface area contributed by atoms with Crippen molar-refractivity contribution >= 4 is 28.4 Å². The van der Waals surface area contributed by atoms with Gasteiger partial charge in [0.25, 0.3) is 11.6 Å². The second-order valence-electron chi connectivity index (χ2n) is 6.45. The van der Waals surface area contributed by atoms with E-state index in [1.165, 1.54) is 36.4 Å². The van der Waals surface area contributed by atoms with E-state index >= 15 is 0 Å². The topological polar surface area (TPSA) is 118 Å². The number of aryl methyl sites for hydroxylation is 1. The number of aromatic nitrogens is 1. The monoisotopic (exact) mass is 389 g/mol. The minimum Gasteiger partial charge on any atom is -0.507 e. The zero-order valence-corrected chi connectivity index (χ0v) is 15.2. The van der Waals surface area contributed by atoms with Gasteiger partial charge in [0, 0.05) is 11.8 Å². The molecular weight excluding hydrogens is 374 g/mol. The van der Waals surface area contributed by atoms with Crippen LogP contribution in [0.25, 0.3) is 22.6 Å². The van der Waals surface area contributed by atoms with Crippen molar-refractivity contribution in [2.45, 2.75) is 6.92 Å². The molecule has 1 amide bonds. The van der Waals surface area contributed by atoms with Gasteiger partial charge in [-0.3, -0.25) is 14.9 Å². The number of oxazole rings is 1. The Balaban J connectivity index is 1.68. The SMILES string of the molecule is Cc1ccc2oc(-c3cc(NC(=O)c4ccccc4[N+](=O)[O-])ccc3O)nc2c1. The van der Waals surface area contributed by atoms with E-state index in [-0.39, 0.29) is 22.9 Å². The third-order valence-corrected chi connectivity index (χ3v) is 4.37. The summed E-state index contributed by atoms with van der Waals surface area (Å²) in [5, 5.41) is 24.0. The molecule has 4 rings (SSSR count). The molecule has 144 valence electrons. The Bertz CT molecular complexity index is 1260. The molecule has 0 spiro atoms. The molecule has 0 fully saturated rings. The fourth-order valence-electron chi connectivity index (χ4n) is 2.96. The van der Waals surface area contributed by atoms with E-state index in [0.29, 0.717) is 22.4 Å². The minimum atomic E-state index is -0.637. The number of hydrogen-bond acceptors (Lipinski definition) is 6. The number of nitro groups is 1. The van der Waals surface area contributed by atoms with Crippen LogP contribution in [0.2, 0.25) is 0 Å². The normalized spacial score (nSPS) is 10.8. The maximum Gasteiger partial charge on any atom is 0.282 e. The molecule has 8 nitrogen and oxygen atoms in total. The number of rotatable bonds is 4. The van der Waals surface area contributed by atoms with Crippen LogP contribution in [-0.2, 0) is 0 Å². The molecule has 3 aromatic carbocycles. The number of nitrogens with zero attached hydrogens (tertiary/aromatic N) is 2. The fourth-order valence-corrected chi connectivity index (χ4v) is 2.96. The summed E-state index contributed by atoms with van der Waals surface area (Å²) >= 11 is 0. The second-order valence-corrected chi connectivity index (χ2v) is 6.45. The highest BCUT2D eigenvalue weighted by atomic mass is 16.6. The van der Waals surface area contributed by atoms with Gasteiger partial charge in [0.05, 0.1) is 10.5 Å². The quantitative estimate of drug-likeness (QED) is 0.297. The predicted octanol–water partition coefficient (Wildman–Crippen LogP) is 4.67. The predicted molar refractivity (Wildman–Crippen MR) is 107 cm³/mol. The molecule has 1 aromatic heterocycles. The Morgan fingerprint density at radius 2 is 1.93 bits per heavy atom. The lowest BCUT2D eigenvalue weighted by atomic mass is 10.1. The van der Waals surface area contributed by atoms with E-state index in [1.54, 1.807) is 12.1 Å². The van der Waals surface area contributed by atoms with E-state index in [2.05, 4.69) is 10.3 Å². The average Bonchev–Trinajstić information content (AvgIpc) is 3.12.